The highest BCUT2D eigenvalue weighted by Crippen LogP contribution is 2.41. The molecule has 1 saturated heterocycles. The van der Waals surface area contributed by atoms with Gasteiger partial charge in [0.2, 0.25) is 0 Å². The molecule has 1 amide bonds. The van der Waals surface area contributed by atoms with Crippen LogP contribution >= 0.6 is 0 Å². The van der Waals surface area contributed by atoms with Crippen LogP contribution < -0.4 is 4.90 Å². The molecule has 7 heteroatoms. The van der Waals surface area contributed by atoms with E-state index in [1.807, 2.05) is 37.9 Å². The van der Waals surface area contributed by atoms with Crippen LogP contribution in [0, 0.1) is 11.8 Å². The molecule has 3 atom stereocenters. The van der Waals surface area contributed by atoms with E-state index < -0.39 is 5.60 Å². The number of nitrogens with one attached hydrogen (secondary N) is 1. The van der Waals surface area contributed by atoms with Crippen molar-refractivity contribution in [2.45, 2.75) is 71.9 Å². The van der Waals surface area contributed by atoms with Gasteiger partial charge in [-0.1, -0.05) is 26.7 Å². The van der Waals surface area contributed by atoms with Crippen molar-refractivity contribution in [3.05, 3.63) is 18.6 Å². The zero-order valence-corrected chi connectivity index (χ0v) is 19.3. The fourth-order valence-corrected chi connectivity index (χ4v) is 4.37. The van der Waals surface area contributed by atoms with Gasteiger partial charge in [-0.15, -0.1) is 0 Å². The molecule has 168 valence electrons. The average Bonchev–Trinajstić information content (AvgIpc) is 3.40. The Morgan fingerprint density at radius 2 is 1.87 bits per heavy atom. The van der Waals surface area contributed by atoms with E-state index in [9.17, 15) is 4.79 Å². The summed E-state index contributed by atoms with van der Waals surface area (Å²) in [6.45, 7) is 11.7. The monoisotopic (exact) mass is 417 g/mol. The number of carbonyl (C=O) groups excluding carboxylic acids is 1. The summed E-state index contributed by atoms with van der Waals surface area (Å²) in [4.78, 5) is 28.4. The van der Waals surface area contributed by atoms with Crippen LogP contribution in [0.4, 0.5) is 10.6 Å². The summed E-state index contributed by atoms with van der Waals surface area (Å²) in [6, 6.07) is 2.47. The number of anilines is 1. The van der Waals surface area contributed by atoms with Crippen LogP contribution in [-0.2, 0) is 4.74 Å². The molecule has 3 heterocycles. The molecule has 7 nitrogen and oxygen atoms in total. The highest BCUT2D eigenvalue weighted by atomic mass is 16.6. The topological polar surface area (TPSA) is 74.4 Å². The Bertz CT molecular complexity index is 834. The van der Waals surface area contributed by atoms with Gasteiger partial charge in [0.05, 0.1) is 5.39 Å². The normalized spacial score (nSPS) is 23.1. The molecule has 4 rings (SSSR count). The number of ether oxygens (including phenoxy) is 1. The Labute approximate surface area is 181 Å². The SMILES string of the molecule is CCCC.CN(c1ncnc2[nH]ccc12)C1C[C@@H]2CN(C(=O)OC(C)(C)C)C[C@@H]2C1.[HH]. The van der Waals surface area contributed by atoms with Gasteiger partial charge in [-0.25, -0.2) is 14.8 Å². The van der Waals surface area contributed by atoms with Crippen molar-refractivity contribution >= 4 is 22.9 Å². The standard InChI is InChI=1S/C19H27N5O2.C4H10.H2/c1-19(2,3)26-18(25)24-9-12-7-14(8-13(12)10-24)23(4)17-15-5-6-20-16(15)21-11-22-17;1-3-4-2;/h5-6,11-14H,7-10H2,1-4H3,(H,20,21,22);3-4H2,1-2H3;1H/t12-,13+,14?;;. The molecule has 1 aliphatic carbocycles. The van der Waals surface area contributed by atoms with E-state index >= 15 is 0 Å². The maximum atomic E-state index is 12.3. The Kier molecular flexibility index (Phi) is 6.88. The summed E-state index contributed by atoms with van der Waals surface area (Å²) in [5.74, 6) is 2.06. The van der Waals surface area contributed by atoms with E-state index in [1.54, 1.807) is 6.33 Å². The number of fused-ring (bicyclic) bond motifs is 2. The van der Waals surface area contributed by atoms with Gasteiger partial charge in [-0.05, 0) is 51.5 Å². The molecule has 2 fully saturated rings. The molecular formula is C23H39N5O2. The van der Waals surface area contributed by atoms with Gasteiger partial charge >= 0.3 is 6.09 Å². The van der Waals surface area contributed by atoms with Crippen molar-refractivity contribution in [1.82, 2.24) is 19.9 Å². The minimum Gasteiger partial charge on any atom is -0.444 e. The quantitative estimate of drug-likeness (QED) is 0.753. The fraction of sp³-hybridized carbons (Fsp3) is 0.696. The molecule has 1 aliphatic heterocycles. The van der Waals surface area contributed by atoms with Crippen molar-refractivity contribution in [1.29, 1.82) is 0 Å². The number of hydrogen-bond donors (Lipinski definition) is 1. The Hall–Kier alpha value is -2.31. The predicted octanol–water partition coefficient (Wildman–Crippen LogP) is 5.09. The number of nitrogens with zero attached hydrogens (tertiary/aromatic N) is 4. The molecule has 1 unspecified atom stereocenters. The minimum absolute atomic E-state index is 0. The van der Waals surface area contributed by atoms with Crippen molar-refractivity contribution < 1.29 is 11.0 Å². The zero-order valence-electron chi connectivity index (χ0n) is 19.3. The second kappa shape index (κ2) is 9.23. The summed E-state index contributed by atoms with van der Waals surface area (Å²) in [7, 11) is 2.12. The third kappa shape index (κ3) is 5.05. The van der Waals surface area contributed by atoms with Gasteiger partial charge < -0.3 is 19.5 Å². The number of H-pyrrole nitrogens is 1. The van der Waals surface area contributed by atoms with Crippen LogP contribution in [0.2, 0.25) is 0 Å². The van der Waals surface area contributed by atoms with E-state index in [1.165, 1.54) is 12.8 Å². The first kappa shape index (κ1) is 22.4. The molecule has 30 heavy (non-hydrogen) atoms. The molecular weight excluding hydrogens is 378 g/mol. The molecule has 1 N–H and O–H groups in total. The van der Waals surface area contributed by atoms with Crippen LogP contribution in [-0.4, -0.2) is 57.7 Å². The molecule has 2 aliphatic rings. The number of carbonyl (C=O) groups is 1. The third-order valence-corrected chi connectivity index (χ3v) is 6.09. The maximum Gasteiger partial charge on any atom is 0.410 e. The Balaban J connectivity index is 0.000000631. The maximum absolute atomic E-state index is 12.3. The van der Waals surface area contributed by atoms with Crippen molar-refractivity contribution in [2.75, 3.05) is 25.0 Å². The summed E-state index contributed by atoms with van der Waals surface area (Å²) < 4.78 is 5.53. The highest BCUT2D eigenvalue weighted by molar-refractivity contribution is 5.87. The lowest BCUT2D eigenvalue weighted by molar-refractivity contribution is 0.0279. The lowest BCUT2D eigenvalue weighted by Crippen LogP contribution is -2.37. The molecule has 1 saturated carbocycles. The van der Waals surface area contributed by atoms with Crippen molar-refractivity contribution in [3.63, 3.8) is 0 Å². The Morgan fingerprint density at radius 3 is 2.43 bits per heavy atom. The van der Waals surface area contributed by atoms with Crippen LogP contribution in [0.1, 0.15) is 61.7 Å². The van der Waals surface area contributed by atoms with Gasteiger partial charge in [-0.3, -0.25) is 0 Å². The first-order chi connectivity index (χ1) is 14.2. The third-order valence-electron chi connectivity index (χ3n) is 6.09. The number of rotatable bonds is 3. The van der Waals surface area contributed by atoms with E-state index in [2.05, 4.69) is 40.7 Å². The summed E-state index contributed by atoms with van der Waals surface area (Å²) in [6.07, 6.45) is 8.14. The van der Waals surface area contributed by atoms with Gasteiger partial charge in [-0.2, -0.15) is 0 Å². The number of likely N-dealkylation sites (tertiary alicyclic amines) is 1. The van der Waals surface area contributed by atoms with Gasteiger partial charge in [0.25, 0.3) is 0 Å². The van der Waals surface area contributed by atoms with Crippen LogP contribution in [0.15, 0.2) is 18.6 Å². The van der Waals surface area contributed by atoms with Gasteiger partial charge in [0, 0.05) is 33.8 Å². The summed E-state index contributed by atoms with van der Waals surface area (Å²) in [5.41, 5.74) is 0.433. The largest absolute Gasteiger partial charge is 0.444 e. The van der Waals surface area contributed by atoms with E-state index in [0.29, 0.717) is 17.9 Å². The van der Waals surface area contributed by atoms with Crippen LogP contribution in [0.25, 0.3) is 11.0 Å². The highest BCUT2D eigenvalue weighted by Gasteiger charge is 2.44. The number of hydrogen-bond acceptors (Lipinski definition) is 5. The van der Waals surface area contributed by atoms with Crippen molar-refractivity contribution in [3.8, 4) is 0 Å². The van der Waals surface area contributed by atoms with E-state index in [0.717, 1.165) is 42.8 Å². The zero-order chi connectivity index (χ0) is 21.9. The lowest BCUT2D eigenvalue weighted by atomic mass is 10.0. The van der Waals surface area contributed by atoms with Gasteiger partial charge in [0.1, 0.15) is 23.4 Å². The summed E-state index contributed by atoms with van der Waals surface area (Å²) >= 11 is 0. The Morgan fingerprint density at radius 1 is 1.23 bits per heavy atom. The van der Waals surface area contributed by atoms with Crippen LogP contribution in [0.5, 0.6) is 0 Å². The fourth-order valence-electron chi connectivity index (χ4n) is 4.37. The molecule has 0 bridgehead atoms. The molecule has 2 aromatic heterocycles. The molecule has 0 radical (unpaired) electrons. The number of aromatic amines is 1. The lowest BCUT2D eigenvalue weighted by Gasteiger charge is -2.28. The minimum atomic E-state index is -0.438. The van der Waals surface area contributed by atoms with E-state index in [-0.39, 0.29) is 7.52 Å². The number of aromatic nitrogens is 3. The van der Waals surface area contributed by atoms with Gasteiger partial charge in [0.15, 0.2) is 0 Å². The molecule has 0 aromatic carbocycles. The first-order valence-corrected chi connectivity index (χ1v) is 11.2. The average molecular weight is 418 g/mol. The number of unbranched alkanes of at least 4 members (excludes halogenated alkanes) is 1. The second-order valence-electron chi connectivity index (χ2n) is 9.58. The predicted molar refractivity (Wildman–Crippen MR) is 123 cm³/mol. The van der Waals surface area contributed by atoms with E-state index in [4.69, 9.17) is 4.74 Å². The van der Waals surface area contributed by atoms with Crippen molar-refractivity contribution in [2.24, 2.45) is 11.8 Å². The first-order valence-electron chi connectivity index (χ1n) is 11.2. The molecule has 2 aromatic rings. The smallest absolute Gasteiger partial charge is 0.410 e. The van der Waals surface area contributed by atoms with Crippen LogP contribution in [0.3, 0.4) is 0 Å². The summed E-state index contributed by atoms with van der Waals surface area (Å²) in [5, 5.41) is 1.06. The number of amides is 1. The molecule has 0 spiro atoms. The second-order valence-corrected chi connectivity index (χ2v) is 9.58.